The molecule has 0 radical (unpaired) electrons. The van der Waals surface area contributed by atoms with Gasteiger partial charge < -0.3 is 10.1 Å². The molecule has 1 N–H and O–H groups in total. The molecule has 0 saturated carbocycles. The molecule has 0 aromatic carbocycles. The normalized spacial score (nSPS) is 15.3. The van der Waals surface area contributed by atoms with Gasteiger partial charge in [0.25, 0.3) is 0 Å². The fourth-order valence-electron chi connectivity index (χ4n) is 2.59. The third kappa shape index (κ3) is 2.89. The van der Waals surface area contributed by atoms with Gasteiger partial charge >= 0.3 is 0 Å². The summed E-state index contributed by atoms with van der Waals surface area (Å²) in [6.45, 7) is 6.20. The standard InChI is InChI=1S/C15H19FN4O3S/c1-4-24(21,22)15-9(2)19-20(10(15)3)14-5-13(12(16)8-18-14)23-11-6-17-7-11/h5,8,11,17H,4,6-7H2,1-3H3. The molecule has 9 heteroatoms. The molecule has 1 aliphatic rings. The van der Waals surface area contributed by atoms with E-state index in [0.29, 0.717) is 30.3 Å². The highest BCUT2D eigenvalue weighted by Gasteiger charge is 2.25. The highest BCUT2D eigenvalue weighted by Crippen LogP contribution is 2.26. The van der Waals surface area contributed by atoms with Crippen molar-refractivity contribution in [3.8, 4) is 11.6 Å². The predicted octanol–water partition coefficient (Wildman–Crippen LogP) is 1.17. The Bertz CT molecular complexity index is 875. The summed E-state index contributed by atoms with van der Waals surface area (Å²) >= 11 is 0. The summed E-state index contributed by atoms with van der Waals surface area (Å²) in [5.41, 5.74) is 0.843. The number of hydrogen-bond acceptors (Lipinski definition) is 6. The second-order valence-electron chi connectivity index (χ2n) is 5.69. The quantitative estimate of drug-likeness (QED) is 0.867. The highest BCUT2D eigenvalue weighted by atomic mass is 32.2. The van der Waals surface area contributed by atoms with Crippen LogP contribution in [0.3, 0.4) is 0 Å². The molecule has 0 unspecified atom stereocenters. The van der Waals surface area contributed by atoms with Crippen LogP contribution in [-0.4, -0.2) is 48.1 Å². The van der Waals surface area contributed by atoms with Gasteiger partial charge in [0.15, 0.2) is 27.2 Å². The average Bonchev–Trinajstić information content (AvgIpc) is 2.80. The zero-order valence-electron chi connectivity index (χ0n) is 13.7. The maximum absolute atomic E-state index is 13.9. The van der Waals surface area contributed by atoms with E-state index in [4.69, 9.17) is 4.74 Å². The van der Waals surface area contributed by atoms with E-state index in [2.05, 4.69) is 15.4 Å². The summed E-state index contributed by atoms with van der Waals surface area (Å²) in [7, 11) is -3.40. The van der Waals surface area contributed by atoms with E-state index in [9.17, 15) is 12.8 Å². The second kappa shape index (κ2) is 6.14. The van der Waals surface area contributed by atoms with Crippen molar-refractivity contribution in [2.45, 2.75) is 31.8 Å². The van der Waals surface area contributed by atoms with Crippen LogP contribution in [0.2, 0.25) is 0 Å². The molecule has 1 fully saturated rings. The Balaban J connectivity index is 2.03. The van der Waals surface area contributed by atoms with E-state index in [1.165, 1.54) is 10.7 Å². The maximum atomic E-state index is 13.9. The van der Waals surface area contributed by atoms with Crippen molar-refractivity contribution < 1.29 is 17.5 Å². The molecule has 130 valence electrons. The van der Waals surface area contributed by atoms with E-state index < -0.39 is 15.7 Å². The van der Waals surface area contributed by atoms with Crippen LogP contribution >= 0.6 is 0 Å². The highest BCUT2D eigenvalue weighted by molar-refractivity contribution is 7.91. The lowest BCUT2D eigenvalue weighted by Crippen LogP contribution is -2.50. The molecule has 3 heterocycles. The topological polar surface area (TPSA) is 86.1 Å². The number of aryl methyl sites for hydroxylation is 1. The largest absolute Gasteiger partial charge is 0.484 e. The summed E-state index contributed by atoms with van der Waals surface area (Å²) in [5.74, 6) is -0.176. The Labute approximate surface area is 139 Å². The third-order valence-corrected chi connectivity index (χ3v) is 5.95. The number of halogens is 1. The molecule has 0 spiro atoms. The van der Waals surface area contributed by atoms with E-state index >= 15 is 0 Å². The van der Waals surface area contributed by atoms with Gasteiger partial charge in [0.1, 0.15) is 11.0 Å². The lowest BCUT2D eigenvalue weighted by Gasteiger charge is -2.27. The SMILES string of the molecule is CCS(=O)(=O)c1c(C)nn(-c2cc(OC3CNC3)c(F)cn2)c1C. The Morgan fingerprint density at radius 2 is 2.12 bits per heavy atom. The predicted molar refractivity (Wildman–Crippen MR) is 85.8 cm³/mol. The van der Waals surface area contributed by atoms with E-state index in [-0.39, 0.29) is 22.5 Å². The molecule has 0 amide bonds. The van der Waals surface area contributed by atoms with Gasteiger partial charge in [-0.3, -0.25) is 0 Å². The van der Waals surface area contributed by atoms with E-state index in [0.717, 1.165) is 6.20 Å². The van der Waals surface area contributed by atoms with E-state index in [1.54, 1.807) is 20.8 Å². The Morgan fingerprint density at radius 3 is 2.71 bits per heavy atom. The van der Waals surface area contributed by atoms with Crippen LogP contribution in [0.4, 0.5) is 4.39 Å². The van der Waals surface area contributed by atoms with Crippen LogP contribution in [0.5, 0.6) is 5.75 Å². The first-order valence-electron chi connectivity index (χ1n) is 7.65. The van der Waals surface area contributed by atoms with Crippen molar-refractivity contribution in [2.75, 3.05) is 18.8 Å². The molecule has 7 nitrogen and oxygen atoms in total. The zero-order chi connectivity index (χ0) is 17.5. The minimum atomic E-state index is -3.40. The van der Waals surface area contributed by atoms with Gasteiger partial charge in [-0.05, 0) is 13.8 Å². The van der Waals surface area contributed by atoms with Gasteiger partial charge in [-0.15, -0.1) is 0 Å². The van der Waals surface area contributed by atoms with Gasteiger partial charge in [0, 0.05) is 19.2 Å². The Kier molecular flexibility index (Phi) is 4.31. The number of nitrogens with one attached hydrogen (secondary N) is 1. The van der Waals surface area contributed by atoms with Gasteiger partial charge in [-0.2, -0.15) is 5.10 Å². The van der Waals surface area contributed by atoms with Crippen molar-refractivity contribution in [1.82, 2.24) is 20.1 Å². The minimum absolute atomic E-state index is 0.0136. The number of sulfone groups is 1. The molecule has 0 atom stereocenters. The summed E-state index contributed by atoms with van der Waals surface area (Å²) in [6.07, 6.45) is 0.979. The molecule has 3 rings (SSSR count). The number of rotatable bonds is 5. The number of ether oxygens (including phenoxy) is 1. The van der Waals surface area contributed by atoms with E-state index in [1.807, 2.05) is 0 Å². The summed E-state index contributed by atoms with van der Waals surface area (Å²) in [5, 5.41) is 7.31. The lowest BCUT2D eigenvalue weighted by molar-refractivity contribution is 0.136. The molecular weight excluding hydrogens is 335 g/mol. The Hall–Kier alpha value is -2.00. The first-order chi connectivity index (χ1) is 11.3. The second-order valence-corrected chi connectivity index (χ2v) is 7.90. The monoisotopic (exact) mass is 354 g/mol. The average molecular weight is 354 g/mol. The fourth-order valence-corrected chi connectivity index (χ4v) is 3.90. The summed E-state index contributed by atoms with van der Waals surface area (Å²) in [4.78, 5) is 4.21. The molecule has 1 saturated heterocycles. The van der Waals surface area contributed by atoms with Crippen molar-refractivity contribution in [2.24, 2.45) is 0 Å². The van der Waals surface area contributed by atoms with Crippen molar-refractivity contribution in [3.63, 3.8) is 0 Å². The number of hydrogen-bond donors (Lipinski definition) is 1. The third-order valence-electron chi connectivity index (χ3n) is 3.98. The van der Waals surface area contributed by atoms with Gasteiger partial charge in [-0.25, -0.2) is 22.5 Å². The number of aromatic nitrogens is 3. The molecular formula is C15H19FN4O3S. The van der Waals surface area contributed by atoms with Crippen molar-refractivity contribution >= 4 is 9.84 Å². The molecule has 2 aromatic heterocycles. The van der Waals surface area contributed by atoms with Crippen LogP contribution in [0.25, 0.3) is 5.82 Å². The van der Waals surface area contributed by atoms with Crippen molar-refractivity contribution in [3.05, 3.63) is 29.5 Å². The number of nitrogens with zero attached hydrogens (tertiary/aromatic N) is 3. The van der Waals surface area contributed by atoms with Crippen molar-refractivity contribution in [1.29, 1.82) is 0 Å². The molecule has 0 aliphatic carbocycles. The van der Waals surface area contributed by atoms with Crippen LogP contribution in [0, 0.1) is 19.7 Å². The smallest absolute Gasteiger partial charge is 0.183 e. The van der Waals surface area contributed by atoms with Crippen LogP contribution in [-0.2, 0) is 9.84 Å². The zero-order valence-corrected chi connectivity index (χ0v) is 14.5. The molecule has 0 bridgehead atoms. The summed E-state index contributed by atoms with van der Waals surface area (Å²) < 4.78 is 45.3. The molecule has 2 aromatic rings. The fraction of sp³-hybridized carbons (Fsp3) is 0.467. The lowest BCUT2D eigenvalue weighted by atomic mass is 10.2. The first kappa shape index (κ1) is 16.8. The summed E-state index contributed by atoms with van der Waals surface area (Å²) in [6, 6.07) is 1.44. The first-order valence-corrected chi connectivity index (χ1v) is 9.31. The Morgan fingerprint density at radius 1 is 1.42 bits per heavy atom. The molecule has 1 aliphatic heterocycles. The van der Waals surface area contributed by atoms with Crippen LogP contribution in [0.1, 0.15) is 18.3 Å². The van der Waals surface area contributed by atoms with Gasteiger partial charge in [0.05, 0.1) is 23.3 Å². The van der Waals surface area contributed by atoms with Crippen LogP contribution < -0.4 is 10.1 Å². The van der Waals surface area contributed by atoms with Gasteiger partial charge in [0.2, 0.25) is 0 Å². The van der Waals surface area contributed by atoms with Gasteiger partial charge in [-0.1, -0.05) is 6.92 Å². The number of pyridine rings is 1. The molecule has 24 heavy (non-hydrogen) atoms. The maximum Gasteiger partial charge on any atom is 0.183 e. The minimum Gasteiger partial charge on any atom is -0.484 e. The van der Waals surface area contributed by atoms with Crippen LogP contribution in [0.15, 0.2) is 17.2 Å².